The van der Waals surface area contributed by atoms with E-state index in [1.165, 1.54) is 6.07 Å². The van der Waals surface area contributed by atoms with Crippen molar-refractivity contribution >= 4 is 5.69 Å². The van der Waals surface area contributed by atoms with E-state index in [-0.39, 0.29) is 10.6 Å². The maximum absolute atomic E-state index is 10.8. The van der Waals surface area contributed by atoms with Gasteiger partial charge in [0.05, 0.1) is 11.3 Å². The number of nitro groups is 1. The second kappa shape index (κ2) is 5.92. The van der Waals surface area contributed by atoms with Crippen LogP contribution in [0.2, 0.25) is 0 Å². The molecule has 1 heterocycles. The van der Waals surface area contributed by atoms with Crippen LogP contribution in [-0.2, 0) is 13.1 Å². The monoisotopic (exact) mass is 246 g/mol. The van der Waals surface area contributed by atoms with Crippen LogP contribution in [0.3, 0.4) is 0 Å². The van der Waals surface area contributed by atoms with E-state index in [1.807, 2.05) is 10.8 Å². The van der Waals surface area contributed by atoms with Gasteiger partial charge in [0.2, 0.25) is 0 Å². The maximum atomic E-state index is 10.8. The number of rotatable bonds is 6. The molecule has 2 aromatic rings. The Morgan fingerprint density at radius 2 is 2.22 bits per heavy atom. The average Bonchev–Trinajstić information content (AvgIpc) is 2.88. The van der Waals surface area contributed by atoms with E-state index >= 15 is 0 Å². The zero-order valence-electron chi connectivity index (χ0n) is 9.82. The van der Waals surface area contributed by atoms with Gasteiger partial charge in [-0.05, 0) is 0 Å². The van der Waals surface area contributed by atoms with Crippen LogP contribution < -0.4 is 5.32 Å². The predicted octanol–water partition coefficient (Wildman–Crippen LogP) is 1.58. The molecule has 0 aliphatic carbocycles. The summed E-state index contributed by atoms with van der Waals surface area (Å²) in [5.41, 5.74) is 0.862. The van der Waals surface area contributed by atoms with Gasteiger partial charge in [-0.15, -0.1) is 0 Å². The molecule has 18 heavy (non-hydrogen) atoms. The Morgan fingerprint density at radius 3 is 2.94 bits per heavy atom. The predicted molar refractivity (Wildman–Crippen MR) is 67.0 cm³/mol. The van der Waals surface area contributed by atoms with Gasteiger partial charge in [-0.25, -0.2) is 4.98 Å². The third-order valence-electron chi connectivity index (χ3n) is 2.61. The van der Waals surface area contributed by atoms with Crippen molar-refractivity contribution in [3.05, 3.63) is 58.7 Å². The molecule has 0 saturated heterocycles. The number of hydrogen-bond donors (Lipinski definition) is 1. The second-order valence-corrected chi connectivity index (χ2v) is 3.86. The van der Waals surface area contributed by atoms with Crippen LogP contribution >= 0.6 is 0 Å². The van der Waals surface area contributed by atoms with Crippen molar-refractivity contribution in [1.82, 2.24) is 14.9 Å². The Bertz CT molecular complexity index is 511. The molecule has 1 aromatic heterocycles. The fraction of sp³-hybridized carbons (Fsp3) is 0.250. The molecule has 0 saturated carbocycles. The maximum Gasteiger partial charge on any atom is 0.273 e. The molecule has 6 heteroatoms. The van der Waals surface area contributed by atoms with Crippen LogP contribution in [0.5, 0.6) is 0 Å². The Morgan fingerprint density at radius 1 is 1.39 bits per heavy atom. The number of nitro benzene ring substituents is 1. The molecule has 0 atom stereocenters. The minimum absolute atomic E-state index is 0.160. The van der Waals surface area contributed by atoms with Gasteiger partial charge in [0.15, 0.2) is 0 Å². The first kappa shape index (κ1) is 12.3. The third-order valence-corrected chi connectivity index (χ3v) is 2.61. The van der Waals surface area contributed by atoms with Crippen molar-refractivity contribution in [1.29, 1.82) is 0 Å². The van der Waals surface area contributed by atoms with Crippen LogP contribution in [0.1, 0.15) is 5.56 Å². The first-order chi connectivity index (χ1) is 8.77. The van der Waals surface area contributed by atoms with Gasteiger partial charge in [-0.1, -0.05) is 18.2 Å². The molecule has 0 radical (unpaired) electrons. The van der Waals surface area contributed by atoms with Gasteiger partial charge in [-0.2, -0.15) is 0 Å². The molecule has 94 valence electrons. The van der Waals surface area contributed by atoms with E-state index < -0.39 is 0 Å². The molecular formula is C12H14N4O2. The molecule has 1 N–H and O–H groups in total. The van der Waals surface area contributed by atoms with E-state index in [9.17, 15) is 10.1 Å². The number of nitrogens with one attached hydrogen (secondary N) is 1. The van der Waals surface area contributed by atoms with E-state index in [0.717, 1.165) is 13.1 Å². The summed E-state index contributed by atoms with van der Waals surface area (Å²) in [4.78, 5) is 14.4. The summed E-state index contributed by atoms with van der Waals surface area (Å²) >= 11 is 0. The lowest BCUT2D eigenvalue weighted by Crippen LogP contribution is -2.19. The summed E-state index contributed by atoms with van der Waals surface area (Å²) in [5.74, 6) is 0. The summed E-state index contributed by atoms with van der Waals surface area (Å²) in [6.07, 6.45) is 5.35. The lowest BCUT2D eigenvalue weighted by atomic mass is 10.2. The Balaban J connectivity index is 1.85. The van der Waals surface area contributed by atoms with Crippen LogP contribution in [0.15, 0.2) is 43.0 Å². The van der Waals surface area contributed by atoms with Gasteiger partial charge in [-0.3, -0.25) is 10.1 Å². The van der Waals surface area contributed by atoms with Crippen molar-refractivity contribution in [2.24, 2.45) is 0 Å². The Hall–Kier alpha value is -2.21. The molecule has 0 amide bonds. The minimum atomic E-state index is -0.354. The molecule has 0 spiro atoms. The number of aromatic nitrogens is 2. The van der Waals surface area contributed by atoms with Gasteiger partial charge in [0.25, 0.3) is 5.69 Å². The highest BCUT2D eigenvalue weighted by Crippen LogP contribution is 2.16. The number of nitrogens with zero attached hydrogens (tertiary/aromatic N) is 3. The van der Waals surface area contributed by atoms with Crippen molar-refractivity contribution in [3.63, 3.8) is 0 Å². The smallest absolute Gasteiger partial charge is 0.273 e. The highest BCUT2D eigenvalue weighted by atomic mass is 16.6. The average molecular weight is 246 g/mol. The molecule has 0 unspecified atom stereocenters. The summed E-state index contributed by atoms with van der Waals surface area (Å²) in [6, 6.07) is 6.77. The Labute approximate surface area is 104 Å². The van der Waals surface area contributed by atoms with Gasteiger partial charge < -0.3 is 9.88 Å². The van der Waals surface area contributed by atoms with Crippen LogP contribution in [-0.4, -0.2) is 21.0 Å². The summed E-state index contributed by atoms with van der Waals surface area (Å²) in [6.45, 7) is 2.02. The normalized spacial score (nSPS) is 10.4. The highest BCUT2D eigenvalue weighted by Gasteiger charge is 2.10. The molecule has 0 aliphatic rings. The lowest BCUT2D eigenvalue weighted by molar-refractivity contribution is -0.385. The summed E-state index contributed by atoms with van der Waals surface area (Å²) in [5, 5.41) is 14.0. The molecule has 0 bridgehead atoms. The van der Waals surface area contributed by atoms with Crippen LogP contribution in [0.25, 0.3) is 0 Å². The lowest BCUT2D eigenvalue weighted by Gasteiger charge is -2.06. The number of imidazole rings is 1. The second-order valence-electron chi connectivity index (χ2n) is 3.86. The van der Waals surface area contributed by atoms with Crippen molar-refractivity contribution in [2.75, 3.05) is 6.54 Å². The van der Waals surface area contributed by atoms with Crippen molar-refractivity contribution in [2.45, 2.75) is 13.1 Å². The fourth-order valence-electron chi connectivity index (χ4n) is 1.69. The summed E-state index contributed by atoms with van der Waals surface area (Å²) in [7, 11) is 0. The molecule has 2 rings (SSSR count). The van der Waals surface area contributed by atoms with E-state index in [1.54, 1.807) is 30.7 Å². The van der Waals surface area contributed by atoms with E-state index in [4.69, 9.17) is 0 Å². The molecule has 0 aliphatic heterocycles. The first-order valence-electron chi connectivity index (χ1n) is 5.66. The molecule has 6 nitrogen and oxygen atoms in total. The van der Waals surface area contributed by atoms with Crippen LogP contribution in [0, 0.1) is 10.1 Å². The topological polar surface area (TPSA) is 73.0 Å². The van der Waals surface area contributed by atoms with Crippen LogP contribution in [0.4, 0.5) is 5.69 Å². The number of hydrogen-bond acceptors (Lipinski definition) is 4. The molecular weight excluding hydrogens is 232 g/mol. The third kappa shape index (κ3) is 3.14. The largest absolute Gasteiger partial charge is 0.336 e. The number of benzene rings is 1. The molecule has 1 aromatic carbocycles. The van der Waals surface area contributed by atoms with E-state index in [0.29, 0.717) is 12.1 Å². The van der Waals surface area contributed by atoms with Gasteiger partial charge in [0, 0.05) is 43.7 Å². The zero-order chi connectivity index (χ0) is 12.8. The minimum Gasteiger partial charge on any atom is -0.336 e. The Kier molecular flexibility index (Phi) is 4.03. The van der Waals surface area contributed by atoms with E-state index in [2.05, 4.69) is 10.3 Å². The van der Waals surface area contributed by atoms with Crippen molar-refractivity contribution in [3.8, 4) is 0 Å². The SMILES string of the molecule is O=[N+]([O-])c1ccccc1CNCCn1ccnc1. The fourth-order valence-corrected chi connectivity index (χ4v) is 1.69. The quantitative estimate of drug-likeness (QED) is 0.477. The first-order valence-corrected chi connectivity index (χ1v) is 5.66. The molecule has 0 fully saturated rings. The highest BCUT2D eigenvalue weighted by molar-refractivity contribution is 5.39. The van der Waals surface area contributed by atoms with Crippen molar-refractivity contribution < 1.29 is 4.92 Å². The van der Waals surface area contributed by atoms with Gasteiger partial charge >= 0.3 is 0 Å². The standard InChI is InChI=1S/C12H14N4O2/c17-16(18)12-4-2-1-3-11(12)9-13-5-7-15-8-6-14-10-15/h1-4,6,8,10,13H,5,7,9H2. The summed E-state index contributed by atoms with van der Waals surface area (Å²) < 4.78 is 1.95. The van der Waals surface area contributed by atoms with Gasteiger partial charge in [0.1, 0.15) is 0 Å². The number of para-hydroxylation sites is 1. The zero-order valence-corrected chi connectivity index (χ0v) is 9.82.